The summed E-state index contributed by atoms with van der Waals surface area (Å²) in [4.78, 5) is 5.50. The Kier molecular flexibility index (Phi) is 3.04. The van der Waals surface area contributed by atoms with Crippen molar-refractivity contribution in [1.29, 1.82) is 0 Å². The van der Waals surface area contributed by atoms with Gasteiger partial charge in [0.2, 0.25) is 0 Å². The maximum absolute atomic E-state index is 5.33. The molecule has 0 atom stereocenters. The molecular weight excluding hydrogens is 276 g/mol. The van der Waals surface area contributed by atoms with Crippen molar-refractivity contribution in [3.05, 3.63) is 45.8 Å². The van der Waals surface area contributed by atoms with Gasteiger partial charge in [-0.05, 0) is 38.2 Å². The van der Waals surface area contributed by atoms with Crippen LogP contribution in [0, 0.1) is 18.6 Å². The lowest BCUT2D eigenvalue weighted by atomic mass is 10.3. The minimum atomic E-state index is 0.589. The summed E-state index contributed by atoms with van der Waals surface area (Å²) in [6.07, 6.45) is 0. The molecule has 2 heterocycles. The molecule has 96 valence electrons. The number of nitrogens with one attached hydrogen (secondary N) is 1. The normalized spacial score (nSPS) is 10.8. The van der Waals surface area contributed by atoms with Crippen LogP contribution in [0.4, 0.5) is 0 Å². The molecule has 0 unspecified atom stereocenters. The number of thiazole rings is 1. The highest BCUT2D eigenvalue weighted by atomic mass is 32.1. The monoisotopic (exact) mass is 288 g/mol. The standard InChI is InChI=1S/C13H12N4S2/c1-8-11(19-9(2)14-8)12-15-16-13(18)17(12)10-6-4-3-5-7-10/h3-7H,1-2H3,(H,16,18). The smallest absolute Gasteiger partial charge is 0.200 e. The average Bonchev–Trinajstić information content (AvgIpc) is 2.93. The minimum Gasteiger partial charge on any atom is -0.267 e. The number of nitrogens with zero attached hydrogens (tertiary/aromatic N) is 3. The van der Waals surface area contributed by atoms with E-state index < -0.39 is 0 Å². The van der Waals surface area contributed by atoms with Gasteiger partial charge in [-0.2, -0.15) is 5.10 Å². The van der Waals surface area contributed by atoms with Gasteiger partial charge in [-0.15, -0.1) is 11.3 Å². The second-order valence-corrected chi connectivity index (χ2v) is 5.76. The van der Waals surface area contributed by atoms with E-state index in [1.807, 2.05) is 48.7 Å². The number of aryl methyl sites for hydroxylation is 2. The Bertz CT molecular complexity index is 768. The molecule has 0 bridgehead atoms. The van der Waals surface area contributed by atoms with Gasteiger partial charge in [-0.25, -0.2) is 4.98 Å². The molecule has 0 saturated carbocycles. The first-order valence-electron chi connectivity index (χ1n) is 5.84. The summed E-state index contributed by atoms with van der Waals surface area (Å²) in [5.74, 6) is 0.819. The molecule has 3 aromatic rings. The van der Waals surface area contributed by atoms with Gasteiger partial charge in [-0.1, -0.05) is 18.2 Å². The highest BCUT2D eigenvalue weighted by Crippen LogP contribution is 2.29. The first-order chi connectivity index (χ1) is 9.16. The Hall–Kier alpha value is -1.79. The number of rotatable bonds is 2. The Morgan fingerprint density at radius 2 is 1.95 bits per heavy atom. The topological polar surface area (TPSA) is 46.5 Å². The van der Waals surface area contributed by atoms with Crippen LogP contribution in [0.1, 0.15) is 10.7 Å². The summed E-state index contributed by atoms with van der Waals surface area (Å²) in [7, 11) is 0. The molecule has 1 aromatic carbocycles. The van der Waals surface area contributed by atoms with Crippen molar-refractivity contribution in [3.63, 3.8) is 0 Å². The van der Waals surface area contributed by atoms with Crippen LogP contribution in [0.3, 0.4) is 0 Å². The van der Waals surface area contributed by atoms with Crippen LogP contribution in [0.5, 0.6) is 0 Å². The van der Waals surface area contributed by atoms with Gasteiger partial charge in [0.15, 0.2) is 10.6 Å². The Morgan fingerprint density at radius 3 is 2.58 bits per heavy atom. The third kappa shape index (κ3) is 2.13. The highest BCUT2D eigenvalue weighted by molar-refractivity contribution is 7.71. The largest absolute Gasteiger partial charge is 0.267 e. The lowest BCUT2D eigenvalue weighted by Crippen LogP contribution is -1.97. The summed E-state index contributed by atoms with van der Waals surface area (Å²) in [6.45, 7) is 3.99. The van der Waals surface area contributed by atoms with Crippen molar-refractivity contribution in [1.82, 2.24) is 19.7 Å². The number of aromatic amines is 1. The second kappa shape index (κ2) is 4.71. The first-order valence-corrected chi connectivity index (χ1v) is 7.06. The first kappa shape index (κ1) is 12.3. The quantitative estimate of drug-likeness (QED) is 0.732. The SMILES string of the molecule is Cc1nc(C)c(-c2n[nH]c(=S)n2-c2ccccc2)s1. The van der Waals surface area contributed by atoms with Gasteiger partial charge >= 0.3 is 0 Å². The fourth-order valence-corrected chi connectivity index (χ4v) is 3.14. The van der Waals surface area contributed by atoms with Crippen LogP contribution in [-0.4, -0.2) is 19.7 Å². The molecule has 0 radical (unpaired) electrons. The molecule has 0 aliphatic carbocycles. The molecule has 0 spiro atoms. The van der Waals surface area contributed by atoms with E-state index in [1.165, 1.54) is 0 Å². The van der Waals surface area contributed by atoms with Crippen molar-refractivity contribution in [2.75, 3.05) is 0 Å². The summed E-state index contributed by atoms with van der Waals surface area (Å²) in [5.41, 5.74) is 1.98. The fraction of sp³-hybridized carbons (Fsp3) is 0.154. The van der Waals surface area contributed by atoms with Crippen molar-refractivity contribution in [2.45, 2.75) is 13.8 Å². The molecule has 1 N–H and O–H groups in total. The van der Waals surface area contributed by atoms with Crippen molar-refractivity contribution >= 4 is 23.6 Å². The molecule has 6 heteroatoms. The van der Waals surface area contributed by atoms with Crippen LogP contribution in [-0.2, 0) is 0 Å². The Labute approximate surface area is 119 Å². The maximum Gasteiger partial charge on any atom is 0.200 e. The van der Waals surface area contributed by atoms with E-state index in [9.17, 15) is 0 Å². The third-order valence-electron chi connectivity index (χ3n) is 2.79. The molecular formula is C13H12N4S2. The number of hydrogen-bond donors (Lipinski definition) is 1. The lowest BCUT2D eigenvalue weighted by Gasteiger charge is -2.05. The molecule has 0 saturated heterocycles. The van der Waals surface area contributed by atoms with Crippen molar-refractivity contribution < 1.29 is 0 Å². The van der Waals surface area contributed by atoms with Gasteiger partial charge in [0, 0.05) is 5.69 Å². The minimum absolute atomic E-state index is 0.589. The fourth-order valence-electron chi connectivity index (χ4n) is 2.00. The van der Waals surface area contributed by atoms with Crippen LogP contribution >= 0.6 is 23.6 Å². The molecule has 0 aliphatic rings. The zero-order valence-corrected chi connectivity index (χ0v) is 12.2. The van der Waals surface area contributed by atoms with E-state index in [0.717, 1.165) is 27.1 Å². The number of aromatic nitrogens is 4. The third-order valence-corrected chi connectivity index (χ3v) is 4.14. The number of H-pyrrole nitrogens is 1. The maximum atomic E-state index is 5.33. The highest BCUT2D eigenvalue weighted by Gasteiger charge is 2.15. The number of benzene rings is 1. The number of hydrogen-bond acceptors (Lipinski definition) is 4. The molecule has 0 fully saturated rings. The van der Waals surface area contributed by atoms with Crippen LogP contribution in [0.15, 0.2) is 30.3 Å². The van der Waals surface area contributed by atoms with E-state index in [-0.39, 0.29) is 0 Å². The van der Waals surface area contributed by atoms with E-state index in [0.29, 0.717) is 4.77 Å². The molecule has 0 aliphatic heterocycles. The van der Waals surface area contributed by atoms with Gasteiger partial charge in [0.1, 0.15) is 0 Å². The molecule has 2 aromatic heterocycles. The molecule has 19 heavy (non-hydrogen) atoms. The van der Waals surface area contributed by atoms with Crippen LogP contribution < -0.4 is 0 Å². The van der Waals surface area contributed by atoms with Crippen LogP contribution in [0.2, 0.25) is 0 Å². The molecule has 3 rings (SSSR count). The van der Waals surface area contributed by atoms with Gasteiger partial charge < -0.3 is 0 Å². The van der Waals surface area contributed by atoms with E-state index in [1.54, 1.807) is 11.3 Å². The summed E-state index contributed by atoms with van der Waals surface area (Å²) in [6, 6.07) is 9.97. The molecule has 4 nitrogen and oxygen atoms in total. The number of para-hydroxylation sites is 1. The van der Waals surface area contributed by atoms with Gasteiger partial charge in [0.05, 0.1) is 15.6 Å². The second-order valence-electron chi connectivity index (χ2n) is 4.17. The Morgan fingerprint density at radius 1 is 1.21 bits per heavy atom. The van der Waals surface area contributed by atoms with Gasteiger partial charge in [-0.3, -0.25) is 9.67 Å². The van der Waals surface area contributed by atoms with Crippen molar-refractivity contribution in [3.8, 4) is 16.4 Å². The van der Waals surface area contributed by atoms with Crippen LogP contribution in [0.25, 0.3) is 16.4 Å². The predicted octanol–water partition coefficient (Wildman–Crippen LogP) is 3.67. The van der Waals surface area contributed by atoms with E-state index >= 15 is 0 Å². The van der Waals surface area contributed by atoms with Gasteiger partial charge in [0.25, 0.3) is 0 Å². The average molecular weight is 288 g/mol. The Balaban J connectivity index is 2.25. The zero-order chi connectivity index (χ0) is 13.4. The molecule has 0 amide bonds. The summed E-state index contributed by atoms with van der Waals surface area (Å²) < 4.78 is 2.53. The summed E-state index contributed by atoms with van der Waals surface area (Å²) >= 11 is 6.96. The van der Waals surface area contributed by atoms with Crippen molar-refractivity contribution in [2.24, 2.45) is 0 Å². The van der Waals surface area contributed by atoms with E-state index in [4.69, 9.17) is 12.2 Å². The predicted molar refractivity (Wildman–Crippen MR) is 79.3 cm³/mol. The van der Waals surface area contributed by atoms with E-state index in [2.05, 4.69) is 15.2 Å². The lowest BCUT2D eigenvalue weighted by molar-refractivity contribution is 1.04. The summed E-state index contributed by atoms with van der Waals surface area (Å²) in [5, 5.41) is 8.25. The zero-order valence-electron chi connectivity index (χ0n) is 10.5.